The van der Waals surface area contributed by atoms with Crippen molar-refractivity contribution in [3.8, 4) is 0 Å². The molecule has 0 aromatic heterocycles. The van der Waals surface area contributed by atoms with Crippen LogP contribution in [0.15, 0.2) is 30.3 Å². The Morgan fingerprint density at radius 2 is 1.68 bits per heavy atom. The van der Waals surface area contributed by atoms with Gasteiger partial charge in [0.25, 0.3) is 5.91 Å². The number of urea groups is 1. The molecule has 1 aliphatic heterocycles. The summed E-state index contributed by atoms with van der Waals surface area (Å²) in [5.74, 6) is 1.96. The van der Waals surface area contributed by atoms with Crippen LogP contribution in [0.1, 0.15) is 57.4 Å². The minimum Gasteiger partial charge on any atom is -0.354 e. The lowest BCUT2D eigenvalue weighted by atomic mass is 9.49. The molecule has 6 heteroatoms. The second-order valence-electron chi connectivity index (χ2n) is 10.8. The number of carbonyl (C=O) groups is 3. The summed E-state index contributed by atoms with van der Waals surface area (Å²) in [6.45, 7) is 2.24. The fourth-order valence-corrected chi connectivity index (χ4v) is 7.09. The van der Waals surface area contributed by atoms with E-state index >= 15 is 0 Å². The predicted octanol–water partition coefficient (Wildman–Crippen LogP) is 3.26. The number of amides is 4. The summed E-state index contributed by atoms with van der Waals surface area (Å²) in [7, 11) is 0. The first kappa shape index (κ1) is 20.5. The molecule has 4 amide bonds. The lowest BCUT2D eigenvalue weighted by Crippen LogP contribution is -2.52. The Balaban J connectivity index is 1.16. The Labute approximate surface area is 184 Å². The topological polar surface area (TPSA) is 78.5 Å². The smallest absolute Gasteiger partial charge is 0.325 e. The molecule has 1 atom stereocenters. The number of rotatable bonds is 7. The molecule has 31 heavy (non-hydrogen) atoms. The Morgan fingerprint density at radius 1 is 1.06 bits per heavy atom. The van der Waals surface area contributed by atoms with Gasteiger partial charge in [-0.15, -0.1) is 0 Å². The van der Waals surface area contributed by atoms with Gasteiger partial charge in [-0.1, -0.05) is 30.3 Å². The SMILES string of the molecule is C[C@]1(CCc2ccccc2)NC(=O)N(CC(=O)NCC23CC4CC(CC(C4)C2)C3)C1=O. The summed E-state index contributed by atoms with van der Waals surface area (Å²) in [4.78, 5) is 39.2. The van der Waals surface area contributed by atoms with Crippen LogP contribution < -0.4 is 10.6 Å². The number of nitrogens with zero attached hydrogens (tertiary/aromatic N) is 1. The Morgan fingerprint density at radius 3 is 2.29 bits per heavy atom. The number of hydrogen-bond donors (Lipinski definition) is 2. The van der Waals surface area contributed by atoms with Crippen molar-refractivity contribution < 1.29 is 14.4 Å². The van der Waals surface area contributed by atoms with Crippen molar-refractivity contribution in [2.24, 2.45) is 23.2 Å². The molecular weight excluding hydrogens is 390 g/mol. The maximum Gasteiger partial charge on any atom is 0.325 e. The monoisotopic (exact) mass is 423 g/mol. The fourth-order valence-electron chi connectivity index (χ4n) is 7.09. The number of aryl methyl sites for hydroxylation is 1. The molecule has 166 valence electrons. The van der Waals surface area contributed by atoms with E-state index in [0.717, 1.165) is 28.2 Å². The van der Waals surface area contributed by atoms with Gasteiger partial charge in [0, 0.05) is 6.54 Å². The zero-order valence-corrected chi connectivity index (χ0v) is 18.4. The van der Waals surface area contributed by atoms with Gasteiger partial charge in [0.2, 0.25) is 5.91 Å². The molecule has 0 spiro atoms. The number of benzene rings is 1. The van der Waals surface area contributed by atoms with Crippen LogP contribution in [-0.4, -0.2) is 41.4 Å². The number of hydrogen-bond acceptors (Lipinski definition) is 3. The Hall–Kier alpha value is -2.37. The van der Waals surface area contributed by atoms with Crippen LogP contribution in [0.3, 0.4) is 0 Å². The maximum atomic E-state index is 13.0. The lowest BCUT2D eigenvalue weighted by molar-refractivity contribution is -0.135. The zero-order valence-electron chi connectivity index (χ0n) is 18.4. The first-order valence-electron chi connectivity index (χ1n) is 11.8. The van der Waals surface area contributed by atoms with Crippen LogP contribution in [0, 0.1) is 23.2 Å². The van der Waals surface area contributed by atoms with Crippen molar-refractivity contribution in [1.29, 1.82) is 0 Å². The van der Waals surface area contributed by atoms with Crippen LogP contribution in [0.2, 0.25) is 0 Å². The lowest BCUT2D eigenvalue weighted by Gasteiger charge is -2.56. The average molecular weight is 424 g/mol. The highest BCUT2D eigenvalue weighted by Crippen LogP contribution is 2.59. The molecule has 1 aromatic carbocycles. The van der Waals surface area contributed by atoms with E-state index in [-0.39, 0.29) is 23.8 Å². The van der Waals surface area contributed by atoms with E-state index in [1.54, 1.807) is 6.92 Å². The van der Waals surface area contributed by atoms with E-state index < -0.39 is 11.6 Å². The highest BCUT2D eigenvalue weighted by Gasteiger charge is 2.51. The first-order chi connectivity index (χ1) is 14.8. The second kappa shape index (κ2) is 7.64. The van der Waals surface area contributed by atoms with Crippen LogP contribution in [0.4, 0.5) is 4.79 Å². The molecule has 4 saturated carbocycles. The summed E-state index contributed by atoms with van der Waals surface area (Å²) in [6, 6.07) is 9.45. The fraction of sp³-hybridized carbons (Fsp3) is 0.640. The van der Waals surface area contributed by atoms with E-state index in [1.165, 1.54) is 38.5 Å². The van der Waals surface area contributed by atoms with Gasteiger partial charge in [-0.25, -0.2) is 4.79 Å². The quantitative estimate of drug-likeness (QED) is 0.661. The normalized spacial score (nSPS) is 36.0. The third-order valence-electron chi connectivity index (χ3n) is 8.23. The van der Waals surface area contributed by atoms with Crippen molar-refractivity contribution in [3.63, 3.8) is 0 Å². The van der Waals surface area contributed by atoms with Gasteiger partial charge < -0.3 is 10.6 Å². The molecule has 4 aliphatic carbocycles. The molecule has 6 nitrogen and oxygen atoms in total. The van der Waals surface area contributed by atoms with Crippen molar-refractivity contribution in [2.45, 2.75) is 63.8 Å². The van der Waals surface area contributed by atoms with E-state index in [2.05, 4.69) is 10.6 Å². The molecule has 1 heterocycles. The van der Waals surface area contributed by atoms with Crippen molar-refractivity contribution in [2.75, 3.05) is 13.1 Å². The van der Waals surface area contributed by atoms with Crippen LogP contribution in [-0.2, 0) is 16.0 Å². The minimum atomic E-state index is -0.965. The van der Waals surface area contributed by atoms with Crippen molar-refractivity contribution in [1.82, 2.24) is 15.5 Å². The summed E-state index contributed by atoms with van der Waals surface area (Å²) < 4.78 is 0. The number of nitrogens with one attached hydrogen (secondary N) is 2. The van der Waals surface area contributed by atoms with Crippen LogP contribution >= 0.6 is 0 Å². The van der Waals surface area contributed by atoms with Crippen molar-refractivity contribution in [3.05, 3.63) is 35.9 Å². The molecule has 0 unspecified atom stereocenters. The van der Waals surface area contributed by atoms with Gasteiger partial charge in [0.15, 0.2) is 0 Å². The van der Waals surface area contributed by atoms with E-state index in [9.17, 15) is 14.4 Å². The maximum absolute atomic E-state index is 13.0. The largest absolute Gasteiger partial charge is 0.354 e. The minimum absolute atomic E-state index is 0.196. The third-order valence-corrected chi connectivity index (χ3v) is 8.23. The van der Waals surface area contributed by atoms with E-state index in [4.69, 9.17) is 0 Å². The molecule has 5 aliphatic rings. The average Bonchev–Trinajstić information content (AvgIpc) is 2.94. The molecule has 1 aromatic rings. The van der Waals surface area contributed by atoms with Crippen LogP contribution in [0.5, 0.6) is 0 Å². The molecule has 4 bridgehead atoms. The highest BCUT2D eigenvalue weighted by atomic mass is 16.2. The summed E-state index contributed by atoms with van der Waals surface area (Å²) in [6.07, 6.45) is 8.98. The highest BCUT2D eigenvalue weighted by molar-refractivity contribution is 6.08. The number of imide groups is 1. The molecule has 6 rings (SSSR count). The molecule has 0 radical (unpaired) electrons. The van der Waals surface area contributed by atoms with Gasteiger partial charge >= 0.3 is 6.03 Å². The summed E-state index contributed by atoms with van der Waals surface area (Å²) in [5, 5.41) is 5.89. The first-order valence-corrected chi connectivity index (χ1v) is 11.8. The predicted molar refractivity (Wildman–Crippen MR) is 117 cm³/mol. The Bertz CT molecular complexity index is 848. The van der Waals surface area contributed by atoms with Gasteiger partial charge in [-0.2, -0.15) is 0 Å². The standard InChI is InChI=1S/C25H33N3O3/c1-24(8-7-17-5-3-2-4-6-17)22(30)28(23(31)27-24)15-21(29)26-16-25-12-18-9-19(13-25)11-20(10-18)14-25/h2-6,18-20H,7-16H2,1H3,(H,26,29)(H,27,31)/t18?,19?,20?,24-,25?/m1/s1. The van der Waals surface area contributed by atoms with Gasteiger partial charge in [-0.3, -0.25) is 14.5 Å². The van der Waals surface area contributed by atoms with Gasteiger partial charge in [-0.05, 0) is 87.0 Å². The third kappa shape index (κ3) is 3.97. The number of carbonyl (C=O) groups excluding carboxylic acids is 3. The molecule has 1 saturated heterocycles. The zero-order chi connectivity index (χ0) is 21.6. The van der Waals surface area contributed by atoms with Crippen molar-refractivity contribution >= 4 is 17.8 Å². The molecule has 5 fully saturated rings. The van der Waals surface area contributed by atoms with Crippen LogP contribution in [0.25, 0.3) is 0 Å². The summed E-state index contributed by atoms with van der Waals surface area (Å²) in [5.41, 5.74) is 0.400. The van der Waals surface area contributed by atoms with Gasteiger partial charge in [0.05, 0.1) is 0 Å². The van der Waals surface area contributed by atoms with Gasteiger partial charge in [0.1, 0.15) is 12.1 Å². The van der Waals surface area contributed by atoms with E-state index in [1.807, 2.05) is 30.3 Å². The van der Waals surface area contributed by atoms with E-state index in [0.29, 0.717) is 19.4 Å². The Kier molecular flexibility index (Phi) is 5.06. The second-order valence-corrected chi connectivity index (χ2v) is 10.8. The molecule has 2 N–H and O–H groups in total. The molecular formula is C25H33N3O3. The summed E-state index contributed by atoms with van der Waals surface area (Å²) >= 11 is 0.